The molecular formula is C11H17N3O5. The van der Waals surface area contributed by atoms with Gasteiger partial charge in [-0.3, -0.25) is 4.57 Å². The summed E-state index contributed by atoms with van der Waals surface area (Å²) < 4.78 is 6.47. The van der Waals surface area contributed by atoms with Crippen molar-refractivity contribution in [3.05, 3.63) is 22.2 Å². The summed E-state index contributed by atoms with van der Waals surface area (Å²) in [6.07, 6.45) is -2.38. The Morgan fingerprint density at radius 1 is 1.58 bits per heavy atom. The minimum Gasteiger partial charge on any atom is -0.393 e. The second-order valence-corrected chi connectivity index (χ2v) is 4.91. The summed E-state index contributed by atoms with van der Waals surface area (Å²) in [4.78, 5) is 15.4. The highest BCUT2D eigenvalue weighted by atomic mass is 16.6. The molecule has 8 heteroatoms. The first-order valence-corrected chi connectivity index (χ1v) is 5.80. The van der Waals surface area contributed by atoms with Gasteiger partial charge in [-0.25, -0.2) is 4.79 Å². The normalized spacial score (nSPS) is 34.7. The van der Waals surface area contributed by atoms with E-state index >= 15 is 0 Å². The van der Waals surface area contributed by atoms with Crippen molar-refractivity contribution in [1.29, 1.82) is 0 Å². The lowest BCUT2D eigenvalue weighted by Crippen LogP contribution is -2.43. The van der Waals surface area contributed by atoms with E-state index in [1.165, 1.54) is 13.1 Å². The molecule has 4 atom stereocenters. The summed E-state index contributed by atoms with van der Waals surface area (Å²) in [5, 5.41) is 29.1. The van der Waals surface area contributed by atoms with Crippen LogP contribution in [-0.4, -0.2) is 49.3 Å². The highest BCUT2D eigenvalue weighted by Crippen LogP contribution is 2.36. The summed E-state index contributed by atoms with van der Waals surface area (Å²) >= 11 is 0. The maximum Gasteiger partial charge on any atom is 0.351 e. The third-order valence-corrected chi connectivity index (χ3v) is 3.39. The molecule has 2 rings (SSSR count). The molecule has 0 amide bonds. The Morgan fingerprint density at radius 3 is 2.74 bits per heavy atom. The van der Waals surface area contributed by atoms with Crippen LogP contribution in [0.2, 0.25) is 0 Å². The molecule has 0 aliphatic carbocycles. The SMILES string of the molecule is Cc1cn(C2O[C@](C)(CO)[C@@H](O)[C@H]2O)c(=O)nc1N. The molecule has 0 aromatic carbocycles. The first-order valence-electron chi connectivity index (χ1n) is 5.80. The molecule has 1 saturated heterocycles. The number of rotatable bonds is 2. The summed E-state index contributed by atoms with van der Waals surface area (Å²) in [6.45, 7) is 2.61. The Morgan fingerprint density at radius 2 is 2.21 bits per heavy atom. The van der Waals surface area contributed by atoms with Crippen LogP contribution in [0, 0.1) is 6.92 Å². The molecule has 0 bridgehead atoms. The zero-order valence-electron chi connectivity index (χ0n) is 10.6. The number of aliphatic hydroxyl groups is 3. The number of ether oxygens (including phenoxy) is 1. The van der Waals surface area contributed by atoms with Gasteiger partial charge >= 0.3 is 5.69 Å². The van der Waals surface area contributed by atoms with Crippen molar-refractivity contribution in [1.82, 2.24) is 9.55 Å². The maximum absolute atomic E-state index is 11.8. The number of nitrogens with zero attached hydrogens (tertiary/aromatic N) is 2. The highest BCUT2D eigenvalue weighted by Gasteiger charge is 2.51. The van der Waals surface area contributed by atoms with E-state index in [2.05, 4.69) is 4.98 Å². The van der Waals surface area contributed by atoms with Crippen LogP contribution in [0.25, 0.3) is 0 Å². The van der Waals surface area contributed by atoms with Crippen molar-refractivity contribution in [3.8, 4) is 0 Å². The number of nitrogens with two attached hydrogens (primary N) is 1. The van der Waals surface area contributed by atoms with E-state index in [1.54, 1.807) is 6.92 Å². The molecule has 1 aromatic heterocycles. The average molecular weight is 271 g/mol. The number of aryl methyl sites for hydroxylation is 1. The fraction of sp³-hybridized carbons (Fsp3) is 0.636. The second-order valence-electron chi connectivity index (χ2n) is 4.91. The van der Waals surface area contributed by atoms with Crippen molar-refractivity contribution in [2.24, 2.45) is 0 Å². The van der Waals surface area contributed by atoms with Crippen molar-refractivity contribution in [2.45, 2.75) is 37.9 Å². The summed E-state index contributed by atoms with van der Waals surface area (Å²) in [7, 11) is 0. The molecule has 5 N–H and O–H groups in total. The summed E-state index contributed by atoms with van der Waals surface area (Å²) in [5.74, 6) is 0.0965. The average Bonchev–Trinajstić information content (AvgIpc) is 2.59. The number of hydrogen-bond donors (Lipinski definition) is 4. The number of aromatic nitrogens is 2. The molecule has 8 nitrogen and oxygen atoms in total. The molecule has 0 spiro atoms. The van der Waals surface area contributed by atoms with Crippen LogP contribution in [0.1, 0.15) is 18.7 Å². The van der Waals surface area contributed by atoms with Gasteiger partial charge in [-0.1, -0.05) is 0 Å². The molecular weight excluding hydrogens is 254 g/mol. The van der Waals surface area contributed by atoms with Gasteiger partial charge in [0.2, 0.25) is 0 Å². The van der Waals surface area contributed by atoms with Gasteiger partial charge in [0.25, 0.3) is 0 Å². The molecule has 0 radical (unpaired) electrons. The lowest BCUT2D eigenvalue weighted by molar-refractivity contribution is -0.117. The van der Waals surface area contributed by atoms with Crippen LogP contribution in [-0.2, 0) is 4.74 Å². The monoisotopic (exact) mass is 271 g/mol. The van der Waals surface area contributed by atoms with Gasteiger partial charge in [0.1, 0.15) is 23.6 Å². The third-order valence-electron chi connectivity index (χ3n) is 3.39. The molecule has 1 aromatic rings. The van der Waals surface area contributed by atoms with Crippen LogP contribution >= 0.6 is 0 Å². The van der Waals surface area contributed by atoms with E-state index in [9.17, 15) is 20.1 Å². The van der Waals surface area contributed by atoms with Crippen LogP contribution in [0.5, 0.6) is 0 Å². The maximum atomic E-state index is 11.8. The fourth-order valence-electron chi connectivity index (χ4n) is 2.05. The van der Waals surface area contributed by atoms with E-state index in [1.807, 2.05) is 0 Å². The topological polar surface area (TPSA) is 131 Å². The number of nitrogen functional groups attached to an aromatic ring is 1. The van der Waals surface area contributed by atoms with Gasteiger partial charge in [0.15, 0.2) is 6.23 Å². The largest absolute Gasteiger partial charge is 0.393 e. The van der Waals surface area contributed by atoms with E-state index in [4.69, 9.17) is 10.5 Å². The standard InChI is InChI=1S/C11H17N3O5/c1-5-3-14(10(18)13-8(5)12)9-6(16)7(17)11(2,4-15)19-9/h3,6-7,9,15-17H,4H2,1-2H3,(H2,12,13,18)/t6-,7+,9?,11-/m1/s1. The molecule has 1 unspecified atom stereocenters. The number of aliphatic hydroxyl groups excluding tert-OH is 3. The fourth-order valence-corrected chi connectivity index (χ4v) is 2.05. The summed E-state index contributed by atoms with van der Waals surface area (Å²) in [5.41, 5.74) is 4.03. The van der Waals surface area contributed by atoms with E-state index < -0.39 is 36.3 Å². The van der Waals surface area contributed by atoms with E-state index in [0.717, 1.165) is 4.57 Å². The zero-order chi connectivity index (χ0) is 14.4. The molecule has 0 saturated carbocycles. The van der Waals surface area contributed by atoms with Gasteiger partial charge in [-0.15, -0.1) is 0 Å². The molecule has 19 heavy (non-hydrogen) atoms. The van der Waals surface area contributed by atoms with E-state index in [0.29, 0.717) is 5.56 Å². The second kappa shape index (κ2) is 4.57. The van der Waals surface area contributed by atoms with Crippen molar-refractivity contribution < 1.29 is 20.1 Å². The lowest BCUT2D eigenvalue weighted by atomic mass is 9.99. The first kappa shape index (κ1) is 13.9. The highest BCUT2D eigenvalue weighted by molar-refractivity contribution is 5.35. The predicted octanol–water partition coefficient (Wildman–Crippen LogP) is -1.86. The predicted molar refractivity (Wildman–Crippen MR) is 65.3 cm³/mol. The third kappa shape index (κ3) is 2.12. The molecule has 106 valence electrons. The Hall–Kier alpha value is -1.48. The summed E-state index contributed by atoms with van der Waals surface area (Å²) in [6, 6.07) is 0. The molecule has 1 aliphatic rings. The Labute approximate surface area is 109 Å². The molecule has 1 aliphatic heterocycles. The van der Waals surface area contributed by atoms with E-state index in [-0.39, 0.29) is 5.82 Å². The Balaban J connectivity index is 2.44. The van der Waals surface area contributed by atoms with Crippen LogP contribution < -0.4 is 11.4 Å². The quantitative estimate of drug-likeness (QED) is 0.496. The van der Waals surface area contributed by atoms with Gasteiger partial charge < -0.3 is 25.8 Å². The van der Waals surface area contributed by atoms with Gasteiger partial charge in [0, 0.05) is 11.8 Å². The van der Waals surface area contributed by atoms with Crippen molar-refractivity contribution in [3.63, 3.8) is 0 Å². The minimum atomic E-state index is -1.35. The van der Waals surface area contributed by atoms with Crippen molar-refractivity contribution >= 4 is 5.82 Å². The lowest BCUT2D eigenvalue weighted by Gasteiger charge is -2.24. The van der Waals surface area contributed by atoms with Gasteiger partial charge in [-0.2, -0.15) is 4.98 Å². The number of anilines is 1. The minimum absolute atomic E-state index is 0.0965. The van der Waals surface area contributed by atoms with Crippen LogP contribution in [0.4, 0.5) is 5.82 Å². The Kier molecular flexibility index (Phi) is 3.35. The molecule has 2 heterocycles. The van der Waals surface area contributed by atoms with Gasteiger partial charge in [-0.05, 0) is 13.8 Å². The number of hydrogen-bond acceptors (Lipinski definition) is 7. The van der Waals surface area contributed by atoms with Crippen LogP contribution in [0.15, 0.2) is 11.0 Å². The van der Waals surface area contributed by atoms with Gasteiger partial charge in [0.05, 0.1) is 6.61 Å². The van der Waals surface area contributed by atoms with Crippen LogP contribution in [0.3, 0.4) is 0 Å². The zero-order valence-corrected chi connectivity index (χ0v) is 10.6. The van der Waals surface area contributed by atoms with Crippen molar-refractivity contribution in [2.75, 3.05) is 12.3 Å². The Bertz CT molecular complexity index is 546. The smallest absolute Gasteiger partial charge is 0.351 e. The first-order chi connectivity index (χ1) is 8.80. The molecule has 1 fully saturated rings.